The predicted octanol–water partition coefficient (Wildman–Crippen LogP) is 1.50. The summed E-state index contributed by atoms with van der Waals surface area (Å²) in [4.78, 5) is 16.1. The van der Waals surface area contributed by atoms with Gasteiger partial charge in [-0.3, -0.25) is 4.79 Å². The van der Waals surface area contributed by atoms with Crippen molar-refractivity contribution >= 4 is 11.9 Å². The van der Waals surface area contributed by atoms with Gasteiger partial charge in [0.25, 0.3) is 0 Å². The summed E-state index contributed by atoms with van der Waals surface area (Å²) in [6, 6.07) is 4.87. The third-order valence-corrected chi connectivity index (χ3v) is 3.36. The maximum Gasteiger partial charge on any atom is 0.387 e. The maximum atomic E-state index is 12.8. The van der Waals surface area contributed by atoms with Crippen molar-refractivity contribution in [3.05, 3.63) is 23.8 Å². The van der Waals surface area contributed by atoms with Crippen LogP contribution in [0.25, 0.3) is 0 Å². The lowest BCUT2D eigenvalue weighted by atomic mass is 10.2. The van der Waals surface area contributed by atoms with E-state index in [1.165, 1.54) is 0 Å². The molecular weight excluding hydrogens is 374 g/mol. The van der Waals surface area contributed by atoms with Crippen LogP contribution in [-0.2, 0) is 16.1 Å². The van der Waals surface area contributed by atoms with E-state index in [-0.39, 0.29) is 30.5 Å². The second-order valence-electron chi connectivity index (χ2n) is 5.45. The van der Waals surface area contributed by atoms with E-state index in [1.54, 1.807) is 32.2 Å². The van der Waals surface area contributed by atoms with E-state index >= 15 is 0 Å². The van der Waals surface area contributed by atoms with Crippen molar-refractivity contribution in [1.29, 1.82) is 0 Å². The molecule has 3 N–H and O–H groups in total. The van der Waals surface area contributed by atoms with Gasteiger partial charge in [0.1, 0.15) is 0 Å². The van der Waals surface area contributed by atoms with E-state index in [1.807, 2.05) is 6.92 Å². The van der Waals surface area contributed by atoms with Crippen LogP contribution in [0.1, 0.15) is 19.4 Å². The van der Waals surface area contributed by atoms with Crippen LogP contribution < -0.4 is 25.4 Å². The fraction of sp³-hybridized carbons (Fsp3) is 0.556. The zero-order chi connectivity index (χ0) is 20.8. The standard InChI is InChI=1S/C18H28F2N4O4/c1-4-21-18(24-12-15(25)22-9-10-26-3)23-11-13-7-6-8-14(27-5-2)16(13)28-17(19)20/h6-8,17H,4-5,9-12H2,1-3H3,(H,22,25)(H2,21,23,24). The molecule has 0 saturated heterocycles. The second-order valence-corrected chi connectivity index (χ2v) is 5.45. The van der Waals surface area contributed by atoms with Crippen LogP contribution in [0.3, 0.4) is 0 Å². The lowest BCUT2D eigenvalue weighted by Gasteiger charge is -2.15. The molecule has 0 aromatic heterocycles. The topological polar surface area (TPSA) is 93.2 Å². The Hall–Kier alpha value is -2.62. The normalized spacial score (nSPS) is 11.3. The summed E-state index contributed by atoms with van der Waals surface area (Å²) in [5.41, 5.74) is 0.438. The number of nitrogens with one attached hydrogen (secondary N) is 3. The molecule has 8 nitrogen and oxygen atoms in total. The van der Waals surface area contributed by atoms with E-state index in [9.17, 15) is 13.6 Å². The van der Waals surface area contributed by atoms with Crippen LogP contribution in [-0.4, -0.2) is 58.4 Å². The summed E-state index contributed by atoms with van der Waals surface area (Å²) in [6.45, 7) is 2.42. The Morgan fingerprint density at radius 3 is 2.64 bits per heavy atom. The lowest BCUT2D eigenvalue weighted by molar-refractivity contribution is -0.120. The first kappa shape index (κ1) is 23.4. The summed E-state index contributed by atoms with van der Waals surface area (Å²) in [7, 11) is 1.55. The number of carbonyl (C=O) groups is 1. The Balaban J connectivity index is 2.82. The summed E-state index contributed by atoms with van der Waals surface area (Å²) in [6.07, 6.45) is 0. The number of hydrogen-bond donors (Lipinski definition) is 3. The van der Waals surface area contributed by atoms with Gasteiger partial charge in [-0.15, -0.1) is 0 Å². The van der Waals surface area contributed by atoms with E-state index in [4.69, 9.17) is 9.47 Å². The lowest BCUT2D eigenvalue weighted by Crippen LogP contribution is -2.43. The van der Waals surface area contributed by atoms with Gasteiger partial charge in [-0.2, -0.15) is 8.78 Å². The first-order valence-corrected chi connectivity index (χ1v) is 8.99. The molecule has 0 fully saturated rings. The number of benzene rings is 1. The molecule has 0 unspecified atom stereocenters. The van der Waals surface area contributed by atoms with Crippen molar-refractivity contribution in [3.63, 3.8) is 0 Å². The van der Waals surface area contributed by atoms with Crippen LogP contribution in [0.5, 0.6) is 11.5 Å². The molecule has 158 valence electrons. The number of nitrogens with zero attached hydrogens (tertiary/aromatic N) is 1. The van der Waals surface area contributed by atoms with Gasteiger partial charge < -0.3 is 30.2 Å². The summed E-state index contributed by atoms with van der Waals surface area (Å²) < 4.78 is 40.4. The predicted molar refractivity (Wildman–Crippen MR) is 102 cm³/mol. The Morgan fingerprint density at radius 2 is 2.00 bits per heavy atom. The number of alkyl halides is 2. The SMILES string of the molecule is CCNC(=NCc1cccc(OCC)c1OC(F)F)NCC(=O)NCCOC. The van der Waals surface area contributed by atoms with Crippen molar-refractivity contribution in [2.45, 2.75) is 27.0 Å². The molecule has 0 aliphatic carbocycles. The van der Waals surface area contributed by atoms with E-state index < -0.39 is 6.61 Å². The molecule has 0 aliphatic heterocycles. The number of methoxy groups -OCH3 is 1. The molecule has 1 aromatic rings. The highest BCUT2D eigenvalue weighted by Crippen LogP contribution is 2.33. The van der Waals surface area contributed by atoms with E-state index in [2.05, 4.69) is 25.7 Å². The number of guanidine groups is 1. The minimum Gasteiger partial charge on any atom is -0.490 e. The third-order valence-electron chi connectivity index (χ3n) is 3.36. The van der Waals surface area contributed by atoms with Crippen LogP contribution in [0, 0.1) is 0 Å². The molecule has 1 amide bonds. The molecular formula is C18H28F2N4O4. The fourth-order valence-corrected chi connectivity index (χ4v) is 2.20. The van der Waals surface area contributed by atoms with Crippen molar-refractivity contribution in [3.8, 4) is 11.5 Å². The highest BCUT2D eigenvalue weighted by atomic mass is 19.3. The second kappa shape index (κ2) is 13.5. The summed E-state index contributed by atoms with van der Waals surface area (Å²) >= 11 is 0. The van der Waals surface area contributed by atoms with Gasteiger partial charge in [0, 0.05) is 25.8 Å². The van der Waals surface area contributed by atoms with Crippen molar-refractivity contribution in [1.82, 2.24) is 16.0 Å². The molecule has 10 heteroatoms. The van der Waals surface area contributed by atoms with Gasteiger partial charge in [0.15, 0.2) is 17.5 Å². The Kier molecular flexibility index (Phi) is 11.3. The quantitative estimate of drug-likeness (QED) is 0.279. The van der Waals surface area contributed by atoms with Crippen LogP contribution in [0.4, 0.5) is 8.78 Å². The first-order chi connectivity index (χ1) is 13.5. The first-order valence-electron chi connectivity index (χ1n) is 8.99. The minimum atomic E-state index is -2.98. The molecule has 1 rings (SSSR count). The number of rotatable bonds is 12. The smallest absolute Gasteiger partial charge is 0.387 e. The number of aliphatic imine (C=N–C) groups is 1. The molecule has 0 atom stereocenters. The highest BCUT2D eigenvalue weighted by Gasteiger charge is 2.15. The zero-order valence-electron chi connectivity index (χ0n) is 16.4. The molecule has 0 bridgehead atoms. The molecule has 0 saturated carbocycles. The summed E-state index contributed by atoms with van der Waals surface area (Å²) in [5, 5.41) is 8.55. The van der Waals surface area contributed by atoms with Crippen LogP contribution in [0.2, 0.25) is 0 Å². The van der Waals surface area contributed by atoms with Gasteiger partial charge in [0.2, 0.25) is 5.91 Å². The van der Waals surface area contributed by atoms with E-state index in [0.717, 1.165) is 0 Å². The van der Waals surface area contributed by atoms with Gasteiger partial charge >= 0.3 is 6.61 Å². The van der Waals surface area contributed by atoms with Gasteiger partial charge in [-0.1, -0.05) is 12.1 Å². The number of halogens is 2. The van der Waals surface area contributed by atoms with Crippen LogP contribution >= 0.6 is 0 Å². The van der Waals surface area contributed by atoms with Crippen LogP contribution in [0.15, 0.2) is 23.2 Å². The molecule has 28 heavy (non-hydrogen) atoms. The number of carbonyl (C=O) groups excluding carboxylic acids is 1. The molecule has 1 aromatic carbocycles. The molecule has 0 spiro atoms. The maximum absolute atomic E-state index is 12.8. The number of ether oxygens (including phenoxy) is 3. The molecule has 0 heterocycles. The highest BCUT2D eigenvalue weighted by molar-refractivity contribution is 5.86. The largest absolute Gasteiger partial charge is 0.490 e. The third kappa shape index (κ3) is 8.85. The Morgan fingerprint density at radius 1 is 1.21 bits per heavy atom. The number of para-hydroxylation sites is 1. The van der Waals surface area contributed by atoms with E-state index in [0.29, 0.717) is 37.8 Å². The van der Waals surface area contributed by atoms with Crippen molar-refractivity contribution in [2.75, 3.05) is 40.0 Å². The molecule has 0 aliphatic rings. The van der Waals surface area contributed by atoms with Gasteiger partial charge in [0.05, 0.1) is 26.3 Å². The summed E-state index contributed by atoms with van der Waals surface area (Å²) in [5.74, 6) is 0.333. The zero-order valence-corrected chi connectivity index (χ0v) is 16.4. The Labute approximate surface area is 163 Å². The molecule has 0 radical (unpaired) electrons. The van der Waals surface area contributed by atoms with Gasteiger partial charge in [-0.25, -0.2) is 4.99 Å². The minimum absolute atomic E-state index is 0.00885. The number of amides is 1. The monoisotopic (exact) mass is 402 g/mol. The van der Waals surface area contributed by atoms with Crippen molar-refractivity contribution < 1.29 is 27.8 Å². The Bertz CT molecular complexity index is 630. The van der Waals surface area contributed by atoms with Gasteiger partial charge in [-0.05, 0) is 19.9 Å². The average Bonchev–Trinajstić information content (AvgIpc) is 2.66. The average molecular weight is 402 g/mol. The number of hydrogen-bond acceptors (Lipinski definition) is 5. The van der Waals surface area contributed by atoms with Crippen molar-refractivity contribution in [2.24, 2.45) is 4.99 Å². The fourth-order valence-electron chi connectivity index (χ4n) is 2.20.